The van der Waals surface area contributed by atoms with Crippen molar-refractivity contribution in [2.45, 2.75) is 33.2 Å². The summed E-state index contributed by atoms with van der Waals surface area (Å²) >= 11 is 0. The first-order valence-corrected chi connectivity index (χ1v) is 5.79. The maximum Gasteiger partial charge on any atom is 0.137 e. The first kappa shape index (κ1) is 11.2. The Morgan fingerprint density at radius 1 is 1.31 bits per heavy atom. The molecule has 0 atom stereocenters. The quantitative estimate of drug-likeness (QED) is 0.850. The summed E-state index contributed by atoms with van der Waals surface area (Å²) in [4.78, 5) is 0. The van der Waals surface area contributed by atoms with Crippen molar-refractivity contribution < 1.29 is 4.42 Å². The molecular weight excluding hydrogens is 198 g/mol. The van der Waals surface area contributed by atoms with Gasteiger partial charge in [-0.05, 0) is 31.0 Å². The van der Waals surface area contributed by atoms with Crippen LogP contribution in [0.15, 0.2) is 22.8 Å². The van der Waals surface area contributed by atoms with Crippen LogP contribution in [0, 0.1) is 6.92 Å². The van der Waals surface area contributed by atoms with E-state index in [1.165, 1.54) is 22.1 Å². The second-order valence-electron chi connectivity index (χ2n) is 4.62. The molecule has 1 aromatic carbocycles. The fraction of sp³-hybridized carbons (Fsp3) is 0.429. The zero-order chi connectivity index (χ0) is 11.7. The van der Waals surface area contributed by atoms with Gasteiger partial charge in [0, 0.05) is 17.5 Å². The van der Waals surface area contributed by atoms with Gasteiger partial charge in [0.1, 0.15) is 5.58 Å². The molecule has 2 aromatic rings. The average molecular weight is 217 g/mol. The van der Waals surface area contributed by atoms with Crippen LogP contribution in [0.4, 0.5) is 0 Å². The van der Waals surface area contributed by atoms with Crippen molar-refractivity contribution in [1.29, 1.82) is 0 Å². The summed E-state index contributed by atoms with van der Waals surface area (Å²) in [5, 5.41) is 4.48. The Balaban J connectivity index is 2.71. The second kappa shape index (κ2) is 4.30. The van der Waals surface area contributed by atoms with Gasteiger partial charge in [0.15, 0.2) is 0 Å². The molecule has 1 N–H and O–H groups in total. The number of benzene rings is 1. The van der Waals surface area contributed by atoms with Crippen molar-refractivity contribution in [1.82, 2.24) is 5.32 Å². The van der Waals surface area contributed by atoms with Crippen molar-refractivity contribution in [3.63, 3.8) is 0 Å². The third-order valence-electron chi connectivity index (χ3n) is 3.02. The van der Waals surface area contributed by atoms with E-state index in [-0.39, 0.29) is 0 Å². The predicted molar refractivity (Wildman–Crippen MR) is 67.8 cm³/mol. The molecule has 0 aliphatic carbocycles. The molecule has 1 aromatic heterocycles. The summed E-state index contributed by atoms with van der Waals surface area (Å²) in [6.45, 7) is 7.40. The molecule has 0 amide bonds. The zero-order valence-electron chi connectivity index (χ0n) is 10.4. The van der Waals surface area contributed by atoms with E-state index >= 15 is 0 Å². The van der Waals surface area contributed by atoms with Crippen LogP contribution >= 0.6 is 0 Å². The van der Waals surface area contributed by atoms with Crippen molar-refractivity contribution >= 4 is 11.0 Å². The van der Waals surface area contributed by atoms with Gasteiger partial charge in [-0.3, -0.25) is 0 Å². The second-order valence-corrected chi connectivity index (χ2v) is 4.62. The molecule has 0 aliphatic heterocycles. The van der Waals surface area contributed by atoms with E-state index in [1.807, 2.05) is 13.3 Å². The van der Waals surface area contributed by atoms with Crippen LogP contribution in [0.5, 0.6) is 0 Å². The number of fused-ring (bicyclic) bond motifs is 1. The molecule has 2 rings (SSSR count). The van der Waals surface area contributed by atoms with E-state index in [4.69, 9.17) is 4.42 Å². The lowest BCUT2D eigenvalue weighted by molar-refractivity contribution is 0.605. The fourth-order valence-electron chi connectivity index (χ4n) is 2.18. The van der Waals surface area contributed by atoms with Gasteiger partial charge in [-0.2, -0.15) is 0 Å². The lowest BCUT2D eigenvalue weighted by Gasteiger charge is -2.09. The minimum atomic E-state index is 0.524. The summed E-state index contributed by atoms with van der Waals surface area (Å²) in [5.41, 5.74) is 4.88. The van der Waals surface area contributed by atoms with Crippen LogP contribution < -0.4 is 5.32 Å². The smallest absolute Gasteiger partial charge is 0.137 e. The zero-order valence-corrected chi connectivity index (χ0v) is 10.4. The number of aryl methyl sites for hydroxylation is 1. The van der Waals surface area contributed by atoms with Crippen molar-refractivity contribution in [2.75, 3.05) is 7.05 Å². The minimum absolute atomic E-state index is 0.524. The van der Waals surface area contributed by atoms with Gasteiger partial charge in [0.05, 0.1) is 6.26 Å². The molecule has 0 saturated heterocycles. The highest BCUT2D eigenvalue weighted by molar-refractivity contribution is 5.87. The first-order chi connectivity index (χ1) is 7.65. The summed E-state index contributed by atoms with van der Waals surface area (Å²) in [5.74, 6) is 0.524. The molecule has 0 spiro atoms. The molecule has 2 nitrogen and oxygen atoms in total. The first-order valence-electron chi connectivity index (χ1n) is 5.79. The van der Waals surface area contributed by atoms with E-state index in [9.17, 15) is 0 Å². The predicted octanol–water partition coefficient (Wildman–Crippen LogP) is 3.58. The monoisotopic (exact) mass is 217 g/mol. The summed E-state index contributed by atoms with van der Waals surface area (Å²) < 4.78 is 5.68. The Hall–Kier alpha value is -1.28. The fourth-order valence-corrected chi connectivity index (χ4v) is 2.18. The third-order valence-corrected chi connectivity index (χ3v) is 3.02. The topological polar surface area (TPSA) is 25.2 Å². The number of nitrogens with one attached hydrogen (secondary N) is 1. The molecule has 2 heteroatoms. The highest BCUT2D eigenvalue weighted by atomic mass is 16.3. The number of hydrogen-bond donors (Lipinski definition) is 1. The Morgan fingerprint density at radius 3 is 2.69 bits per heavy atom. The summed E-state index contributed by atoms with van der Waals surface area (Å²) in [6.07, 6.45) is 1.88. The number of rotatable bonds is 3. The molecule has 0 fully saturated rings. The third kappa shape index (κ3) is 1.74. The SMILES string of the molecule is CNCc1coc2c(C)ccc(C(C)C)c12. The molecular formula is C14H19NO. The highest BCUT2D eigenvalue weighted by Crippen LogP contribution is 2.31. The van der Waals surface area contributed by atoms with Gasteiger partial charge >= 0.3 is 0 Å². The molecule has 0 saturated carbocycles. The van der Waals surface area contributed by atoms with Crippen LogP contribution in [0.25, 0.3) is 11.0 Å². The largest absolute Gasteiger partial charge is 0.464 e. The van der Waals surface area contributed by atoms with Crippen molar-refractivity contribution in [3.05, 3.63) is 35.1 Å². The average Bonchev–Trinajstić information content (AvgIpc) is 2.64. The van der Waals surface area contributed by atoms with Crippen LogP contribution in [0.3, 0.4) is 0 Å². The molecule has 1 heterocycles. The summed E-state index contributed by atoms with van der Waals surface area (Å²) in [7, 11) is 1.96. The van der Waals surface area contributed by atoms with Crippen LogP contribution in [-0.2, 0) is 6.54 Å². The maximum atomic E-state index is 5.68. The highest BCUT2D eigenvalue weighted by Gasteiger charge is 2.13. The van der Waals surface area contributed by atoms with Crippen LogP contribution in [0.1, 0.15) is 36.5 Å². The Morgan fingerprint density at radius 2 is 2.06 bits per heavy atom. The normalized spacial score (nSPS) is 11.6. The van der Waals surface area contributed by atoms with E-state index in [1.54, 1.807) is 0 Å². The van der Waals surface area contributed by atoms with Crippen molar-refractivity contribution in [2.24, 2.45) is 0 Å². The lowest BCUT2D eigenvalue weighted by atomic mass is 9.95. The van der Waals surface area contributed by atoms with E-state index in [0.717, 1.165) is 12.1 Å². The molecule has 86 valence electrons. The van der Waals surface area contributed by atoms with Crippen molar-refractivity contribution in [3.8, 4) is 0 Å². The van der Waals surface area contributed by atoms with Crippen LogP contribution in [-0.4, -0.2) is 7.05 Å². The standard InChI is InChI=1S/C14H19NO/c1-9(2)12-6-5-10(3)14-13(12)11(7-15-4)8-16-14/h5-6,8-9,15H,7H2,1-4H3. The van der Waals surface area contributed by atoms with E-state index < -0.39 is 0 Å². The van der Waals surface area contributed by atoms with Gasteiger partial charge in [-0.1, -0.05) is 26.0 Å². The minimum Gasteiger partial charge on any atom is -0.464 e. The van der Waals surface area contributed by atoms with Gasteiger partial charge in [0.25, 0.3) is 0 Å². The van der Waals surface area contributed by atoms with E-state index in [2.05, 4.69) is 38.2 Å². The Kier molecular flexibility index (Phi) is 3.01. The van der Waals surface area contributed by atoms with Crippen LogP contribution in [0.2, 0.25) is 0 Å². The molecule has 16 heavy (non-hydrogen) atoms. The molecule has 0 unspecified atom stereocenters. The van der Waals surface area contributed by atoms with Gasteiger partial charge in [-0.15, -0.1) is 0 Å². The molecule has 0 aliphatic rings. The lowest BCUT2D eigenvalue weighted by Crippen LogP contribution is -2.05. The van der Waals surface area contributed by atoms with Gasteiger partial charge in [0.2, 0.25) is 0 Å². The summed E-state index contributed by atoms with van der Waals surface area (Å²) in [6, 6.07) is 4.36. The van der Waals surface area contributed by atoms with Gasteiger partial charge < -0.3 is 9.73 Å². The van der Waals surface area contributed by atoms with E-state index in [0.29, 0.717) is 5.92 Å². The number of hydrogen-bond acceptors (Lipinski definition) is 2. The molecule has 0 bridgehead atoms. The van der Waals surface area contributed by atoms with Gasteiger partial charge in [-0.25, -0.2) is 0 Å². The molecule has 0 radical (unpaired) electrons. The Bertz CT molecular complexity index is 497. The maximum absolute atomic E-state index is 5.68. The Labute approximate surface area is 96.6 Å². The number of furan rings is 1.